The zero-order valence-electron chi connectivity index (χ0n) is 24.1. The molecule has 0 spiro atoms. The maximum Gasteiger partial charge on any atom is 0.490 e. The summed E-state index contributed by atoms with van der Waals surface area (Å²) in [5, 5.41) is 21.4. The fourth-order valence-corrected chi connectivity index (χ4v) is 5.50. The third-order valence-electron chi connectivity index (χ3n) is 6.82. The Hall–Kier alpha value is -2.68. The summed E-state index contributed by atoms with van der Waals surface area (Å²) >= 11 is 1.95. The van der Waals surface area contributed by atoms with Crippen LogP contribution in [0.15, 0.2) is 12.1 Å². The van der Waals surface area contributed by atoms with E-state index in [-0.39, 0.29) is 0 Å². The second kappa shape index (κ2) is 17.3. The molecule has 0 aliphatic carbocycles. The molecule has 3 saturated heterocycles. The van der Waals surface area contributed by atoms with Gasteiger partial charge in [0.1, 0.15) is 0 Å². The Balaban J connectivity index is 0.000000396. The molecule has 0 unspecified atom stereocenters. The second-order valence-corrected chi connectivity index (χ2v) is 11.7. The van der Waals surface area contributed by atoms with Crippen LogP contribution in [0, 0.1) is 18.8 Å². The molecule has 3 atom stereocenters. The number of hydrogen-bond acceptors (Lipinski definition) is 8. The smallest absolute Gasteiger partial charge is 0.475 e. The summed E-state index contributed by atoms with van der Waals surface area (Å²) in [7, 11) is 2.23. The van der Waals surface area contributed by atoms with E-state index in [1.807, 2.05) is 11.3 Å². The summed E-state index contributed by atoms with van der Waals surface area (Å²) in [4.78, 5) is 37.3. The van der Waals surface area contributed by atoms with Crippen LogP contribution < -0.4 is 0 Å². The molecule has 1 aromatic rings. The number of hydrogen-bond donors (Lipinski definition) is 3. The molecule has 0 saturated carbocycles. The van der Waals surface area contributed by atoms with Crippen molar-refractivity contribution in [3.05, 3.63) is 21.9 Å². The highest BCUT2D eigenvalue weighted by molar-refractivity contribution is 7.11. The molecule has 10 nitrogen and oxygen atoms in total. The number of carboxylic acids is 3. The van der Waals surface area contributed by atoms with Gasteiger partial charge < -0.3 is 25.0 Å². The zero-order valence-corrected chi connectivity index (χ0v) is 24.9. The summed E-state index contributed by atoms with van der Waals surface area (Å²) in [6, 6.07) is 4.55. The van der Waals surface area contributed by atoms with E-state index in [2.05, 4.69) is 40.8 Å². The Morgan fingerprint density at radius 1 is 0.822 bits per heavy atom. The Bertz CT molecular complexity index is 1030. The number of carboxylic acid groups (broad SMARTS) is 3. The third kappa shape index (κ3) is 15.4. The molecule has 45 heavy (non-hydrogen) atoms. The average Bonchev–Trinajstić information content (AvgIpc) is 3.50. The maximum atomic E-state index is 10.6. The predicted molar refractivity (Wildman–Crippen MR) is 141 cm³/mol. The van der Waals surface area contributed by atoms with Crippen molar-refractivity contribution < 1.29 is 74.0 Å². The van der Waals surface area contributed by atoms with Crippen molar-refractivity contribution in [1.29, 1.82) is 0 Å². The molecule has 3 aliphatic rings. The number of ether oxygens (including phenoxy) is 1. The van der Waals surface area contributed by atoms with Gasteiger partial charge in [0.15, 0.2) is 0 Å². The van der Waals surface area contributed by atoms with Crippen molar-refractivity contribution in [3.63, 3.8) is 0 Å². The molecule has 0 bridgehead atoms. The van der Waals surface area contributed by atoms with Gasteiger partial charge in [0.05, 0.1) is 12.7 Å². The summed E-state index contributed by atoms with van der Waals surface area (Å²) < 4.78 is 101. The van der Waals surface area contributed by atoms with Gasteiger partial charge >= 0.3 is 36.4 Å². The third-order valence-corrected chi connectivity index (χ3v) is 7.80. The van der Waals surface area contributed by atoms with Gasteiger partial charge in [0.2, 0.25) is 0 Å². The molecule has 20 heteroatoms. The van der Waals surface area contributed by atoms with Crippen LogP contribution in [0.25, 0.3) is 0 Å². The van der Waals surface area contributed by atoms with Gasteiger partial charge in [-0.3, -0.25) is 9.80 Å². The number of rotatable bonds is 4. The topological polar surface area (TPSA) is 131 Å². The normalized spacial score (nSPS) is 22.9. The van der Waals surface area contributed by atoms with E-state index in [0.717, 1.165) is 31.5 Å². The molecule has 0 amide bonds. The van der Waals surface area contributed by atoms with Crippen molar-refractivity contribution in [3.8, 4) is 0 Å². The van der Waals surface area contributed by atoms with E-state index in [9.17, 15) is 39.5 Å². The fourth-order valence-electron chi connectivity index (χ4n) is 4.57. The standard InChI is InChI=1S/C19H31N3OS.3C2HF3O2/c1-15-3-4-17(24-15)12-22-6-5-18-16(11-22)14-23-19(18)13-21-9-7-20(2)8-10-21;3*3-2(4,5)1(6)7/h3-4,16,18-19H,5-14H2,1-2H3;3*(H,6,7)/t16-,18-,19+;;;/m1.../s1. The van der Waals surface area contributed by atoms with Gasteiger partial charge in [0, 0.05) is 61.5 Å². The van der Waals surface area contributed by atoms with E-state index >= 15 is 0 Å². The molecule has 4 rings (SSSR count). The van der Waals surface area contributed by atoms with Crippen molar-refractivity contribution in [2.45, 2.75) is 44.5 Å². The highest BCUT2D eigenvalue weighted by Gasteiger charge is 2.42. The van der Waals surface area contributed by atoms with Gasteiger partial charge in [-0.2, -0.15) is 39.5 Å². The van der Waals surface area contributed by atoms with Crippen LogP contribution in [-0.2, 0) is 25.7 Å². The maximum absolute atomic E-state index is 10.6. The Morgan fingerprint density at radius 2 is 1.29 bits per heavy atom. The highest BCUT2D eigenvalue weighted by atomic mass is 32.1. The van der Waals surface area contributed by atoms with Crippen LogP contribution in [-0.4, -0.2) is 132 Å². The number of carbonyl (C=O) groups is 3. The summed E-state index contributed by atoms with van der Waals surface area (Å²) in [5.41, 5.74) is 0. The van der Waals surface area contributed by atoms with E-state index in [4.69, 9.17) is 34.4 Å². The van der Waals surface area contributed by atoms with Crippen LogP contribution in [0.5, 0.6) is 0 Å². The first-order chi connectivity index (χ1) is 20.5. The van der Waals surface area contributed by atoms with Crippen LogP contribution in [0.2, 0.25) is 0 Å². The van der Waals surface area contributed by atoms with Crippen LogP contribution >= 0.6 is 11.3 Å². The van der Waals surface area contributed by atoms with E-state index in [0.29, 0.717) is 6.10 Å². The number of alkyl halides is 9. The number of aliphatic carboxylic acids is 3. The van der Waals surface area contributed by atoms with Gasteiger partial charge in [-0.25, -0.2) is 14.4 Å². The number of piperazine rings is 1. The van der Waals surface area contributed by atoms with Crippen molar-refractivity contribution >= 4 is 29.2 Å². The minimum absolute atomic E-state index is 0.476. The largest absolute Gasteiger partial charge is 0.490 e. The van der Waals surface area contributed by atoms with Crippen LogP contribution in [0.4, 0.5) is 39.5 Å². The predicted octanol–water partition coefficient (Wildman–Crippen LogP) is 4.04. The number of likely N-dealkylation sites (N-methyl/N-ethyl adjacent to an activating group) is 1. The first-order valence-corrected chi connectivity index (χ1v) is 14.0. The van der Waals surface area contributed by atoms with Crippen molar-refractivity contribution in [2.24, 2.45) is 11.8 Å². The van der Waals surface area contributed by atoms with Crippen molar-refractivity contribution in [1.82, 2.24) is 14.7 Å². The monoisotopic (exact) mass is 691 g/mol. The number of fused-ring (bicyclic) bond motifs is 1. The molecular formula is C25H34F9N3O7S. The molecular weight excluding hydrogens is 657 g/mol. The average molecular weight is 692 g/mol. The van der Waals surface area contributed by atoms with Gasteiger partial charge in [0.25, 0.3) is 0 Å². The summed E-state index contributed by atoms with van der Waals surface area (Å²) in [6.45, 7) is 12.7. The van der Waals surface area contributed by atoms with E-state index < -0.39 is 36.4 Å². The van der Waals surface area contributed by atoms with Gasteiger partial charge in [-0.15, -0.1) is 11.3 Å². The molecule has 4 heterocycles. The van der Waals surface area contributed by atoms with E-state index in [1.165, 1.54) is 55.4 Å². The molecule has 3 fully saturated rings. The number of thiophene rings is 1. The lowest BCUT2D eigenvalue weighted by molar-refractivity contribution is -0.193. The number of likely N-dealkylation sites (tertiary alicyclic amines) is 1. The lowest BCUT2D eigenvalue weighted by atomic mass is 9.84. The van der Waals surface area contributed by atoms with Gasteiger partial charge in [-0.05, 0) is 45.0 Å². The first-order valence-electron chi connectivity index (χ1n) is 13.2. The minimum Gasteiger partial charge on any atom is -0.475 e. The quantitative estimate of drug-likeness (QED) is 0.398. The number of nitrogens with zero attached hydrogens (tertiary/aromatic N) is 3. The van der Waals surface area contributed by atoms with Crippen LogP contribution in [0.3, 0.4) is 0 Å². The SMILES string of the molecule is Cc1ccc(CN2CC[C@@H]3[C@@H](CO[C@H]3CN3CCN(C)CC3)C2)s1.O=C(O)C(F)(F)F.O=C(O)C(F)(F)F.O=C(O)C(F)(F)F. The Kier molecular flexibility index (Phi) is 15.5. The Labute approximate surface area is 255 Å². The molecule has 3 N–H and O–H groups in total. The molecule has 260 valence electrons. The van der Waals surface area contributed by atoms with Crippen LogP contribution in [0.1, 0.15) is 16.2 Å². The molecule has 0 radical (unpaired) electrons. The number of piperidine rings is 1. The minimum atomic E-state index is -5.08. The molecule has 1 aromatic heterocycles. The zero-order chi connectivity index (χ0) is 34.8. The Morgan fingerprint density at radius 3 is 1.69 bits per heavy atom. The molecule has 0 aromatic carbocycles. The molecule has 3 aliphatic heterocycles. The van der Waals surface area contributed by atoms with E-state index in [1.54, 1.807) is 0 Å². The second-order valence-electron chi connectivity index (χ2n) is 10.3. The lowest BCUT2D eigenvalue weighted by Crippen LogP contribution is -2.49. The lowest BCUT2D eigenvalue weighted by Gasteiger charge is -2.38. The summed E-state index contributed by atoms with van der Waals surface area (Å²) in [5.74, 6) is -6.74. The first kappa shape index (κ1) is 40.3. The number of aryl methyl sites for hydroxylation is 1. The highest BCUT2D eigenvalue weighted by Crippen LogP contribution is 2.35. The summed E-state index contributed by atoms with van der Waals surface area (Å²) in [6.07, 6.45) is -13.5. The fraction of sp³-hybridized carbons (Fsp3) is 0.720. The number of halogens is 9. The van der Waals surface area contributed by atoms with Gasteiger partial charge in [-0.1, -0.05) is 0 Å². The van der Waals surface area contributed by atoms with Crippen molar-refractivity contribution in [2.75, 3.05) is 59.5 Å².